The van der Waals surface area contributed by atoms with Gasteiger partial charge in [0.1, 0.15) is 11.5 Å². The summed E-state index contributed by atoms with van der Waals surface area (Å²) >= 11 is 0. The normalized spacial score (nSPS) is 25.6. The molecule has 32 heavy (non-hydrogen) atoms. The number of carbonyl (C=O) groups is 1. The minimum atomic E-state index is -0.438. The summed E-state index contributed by atoms with van der Waals surface area (Å²) in [5.74, 6) is -0.341. The number of hydrogen-bond acceptors (Lipinski definition) is 5. The van der Waals surface area contributed by atoms with E-state index in [4.69, 9.17) is 9.47 Å². The standard InChI is InChI=1S/C25H34FN3O3/c1-4-31-25(30)23-16(3)29(24-22(23)11-18(26)12-27-24)15(2)17-5-7-19(8-6-17)28-13-21(14-28)32-20-9-10-20/h11-12,15,17,19-21H,4-10,13-14H2,1-3H3/t15-,17?,19?/m1/s1. The van der Waals surface area contributed by atoms with Gasteiger partial charge in [-0.1, -0.05) is 0 Å². The van der Waals surface area contributed by atoms with Gasteiger partial charge in [-0.15, -0.1) is 0 Å². The Balaban J connectivity index is 1.29. The molecule has 0 amide bonds. The minimum Gasteiger partial charge on any atom is -0.462 e. The van der Waals surface area contributed by atoms with Crippen molar-refractivity contribution in [1.82, 2.24) is 14.5 Å². The summed E-state index contributed by atoms with van der Waals surface area (Å²) in [6, 6.07) is 2.25. The molecule has 1 aliphatic heterocycles. The van der Waals surface area contributed by atoms with Crippen molar-refractivity contribution >= 4 is 17.0 Å². The van der Waals surface area contributed by atoms with Crippen molar-refractivity contribution in [2.24, 2.45) is 5.92 Å². The van der Waals surface area contributed by atoms with E-state index in [2.05, 4.69) is 21.4 Å². The third kappa shape index (κ3) is 4.05. The van der Waals surface area contributed by atoms with E-state index in [1.54, 1.807) is 6.92 Å². The van der Waals surface area contributed by atoms with Crippen LogP contribution in [0.4, 0.5) is 4.39 Å². The van der Waals surface area contributed by atoms with Crippen molar-refractivity contribution in [2.75, 3.05) is 19.7 Å². The molecule has 0 bridgehead atoms. The van der Waals surface area contributed by atoms with Gasteiger partial charge in [0.25, 0.3) is 0 Å². The zero-order chi connectivity index (χ0) is 22.4. The van der Waals surface area contributed by atoms with Crippen molar-refractivity contribution in [3.8, 4) is 0 Å². The summed E-state index contributed by atoms with van der Waals surface area (Å²) in [6.45, 7) is 8.37. The zero-order valence-electron chi connectivity index (χ0n) is 19.3. The second-order valence-electron chi connectivity index (χ2n) is 9.80. The van der Waals surface area contributed by atoms with E-state index in [1.165, 1.54) is 37.9 Å². The smallest absolute Gasteiger partial charge is 0.340 e. The summed E-state index contributed by atoms with van der Waals surface area (Å²) in [6.07, 6.45) is 9.38. The van der Waals surface area contributed by atoms with Gasteiger partial charge in [-0.25, -0.2) is 14.2 Å². The number of halogens is 1. The number of pyridine rings is 1. The Hall–Kier alpha value is -1.99. The van der Waals surface area contributed by atoms with Crippen LogP contribution < -0.4 is 0 Å². The highest BCUT2D eigenvalue weighted by molar-refractivity contribution is 6.05. The molecule has 3 fully saturated rings. The number of likely N-dealkylation sites (tertiary alicyclic amines) is 1. The molecule has 7 heteroatoms. The molecule has 5 rings (SSSR count). The summed E-state index contributed by atoms with van der Waals surface area (Å²) < 4.78 is 27.4. The number of nitrogens with zero attached hydrogens (tertiary/aromatic N) is 3. The zero-order valence-corrected chi connectivity index (χ0v) is 19.3. The van der Waals surface area contributed by atoms with Gasteiger partial charge in [-0.05, 0) is 71.3 Å². The Morgan fingerprint density at radius 2 is 1.91 bits per heavy atom. The van der Waals surface area contributed by atoms with E-state index in [-0.39, 0.29) is 12.6 Å². The maximum absolute atomic E-state index is 14.0. The monoisotopic (exact) mass is 443 g/mol. The third-order valence-corrected chi connectivity index (χ3v) is 7.67. The van der Waals surface area contributed by atoms with Crippen molar-refractivity contribution < 1.29 is 18.7 Å². The largest absolute Gasteiger partial charge is 0.462 e. The van der Waals surface area contributed by atoms with Gasteiger partial charge in [0, 0.05) is 36.3 Å². The van der Waals surface area contributed by atoms with Gasteiger partial charge in [0.05, 0.1) is 30.6 Å². The van der Waals surface area contributed by atoms with Crippen LogP contribution in [0.2, 0.25) is 0 Å². The number of hydrogen-bond donors (Lipinski definition) is 0. The molecule has 0 unspecified atom stereocenters. The first-order valence-electron chi connectivity index (χ1n) is 12.2. The molecule has 1 atom stereocenters. The second kappa shape index (κ2) is 8.75. The fraction of sp³-hybridized carbons (Fsp3) is 0.680. The molecule has 0 aromatic carbocycles. The molecule has 174 valence electrons. The number of carbonyl (C=O) groups excluding carboxylic acids is 1. The van der Waals surface area contributed by atoms with Gasteiger partial charge in [0.2, 0.25) is 0 Å². The van der Waals surface area contributed by atoms with Crippen LogP contribution in [0.25, 0.3) is 11.0 Å². The number of ether oxygens (including phenoxy) is 2. The molecule has 0 N–H and O–H groups in total. The van der Waals surface area contributed by atoms with E-state index in [0.717, 1.165) is 31.6 Å². The predicted octanol–water partition coefficient (Wildman–Crippen LogP) is 4.64. The molecule has 2 aliphatic carbocycles. The van der Waals surface area contributed by atoms with Crippen molar-refractivity contribution in [1.29, 1.82) is 0 Å². The lowest BCUT2D eigenvalue weighted by Gasteiger charge is -2.47. The van der Waals surface area contributed by atoms with E-state index < -0.39 is 11.8 Å². The summed E-state index contributed by atoms with van der Waals surface area (Å²) in [4.78, 5) is 19.6. The van der Waals surface area contributed by atoms with Crippen molar-refractivity contribution in [3.05, 3.63) is 29.3 Å². The Morgan fingerprint density at radius 1 is 1.19 bits per heavy atom. The van der Waals surface area contributed by atoms with Gasteiger partial charge in [0.15, 0.2) is 0 Å². The average Bonchev–Trinajstić information content (AvgIpc) is 3.52. The fourth-order valence-electron chi connectivity index (χ4n) is 5.73. The molecule has 6 nitrogen and oxygen atoms in total. The highest BCUT2D eigenvalue weighted by atomic mass is 19.1. The van der Waals surface area contributed by atoms with Gasteiger partial charge >= 0.3 is 5.97 Å². The Labute approximate surface area is 189 Å². The van der Waals surface area contributed by atoms with Crippen LogP contribution >= 0.6 is 0 Å². The van der Waals surface area contributed by atoms with Crippen LogP contribution in [0.1, 0.15) is 74.5 Å². The molecular formula is C25H34FN3O3. The van der Waals surface area contributed by atoms with Crippen LogP contribution in [0.15, 0.2) is 12.3 Å². The minimum absolute atomic E-state index is 0.182. The van der Waals surface area contributed by atoms with Gasteiger partial charge in [-0.3, -0.25) is 4.90 Å². The maximum atomic E-state index is 14.0. The lowest BCUT2D eigenvalue weighted by atomic mass is 9.80. The first-order chi connectivity index (χ1) is 15.5. The Bertz CT molecular complexity index is 988. The SMILES string of the molecule is CCOC(=O)c1c(C)n([C@H](C)C2CCC(N3CC(OC4CC4)C3)CC2)c2ncc(F)cc12. The van der Waals surface area contributed by atoms with Crippen LogP contribution in [0.3, 0.4) is 0 Å². The first kappa shape index (κ1) is 21.8. The highest BCUT2D eigenvalue weighted by Gasteiger charge is 2.39. The molecule has 3 heterocycles. The fourth-order valence-corrected chi connectivity index (χ4v) is 5.73. The van der Waals surface area contributed by atoms with Crippen LogP contribution in [0, 0.1) is 18.7 Å². The number of aromatic nitrogens is 2. The van der Waals surface area contributed by atoms with Crippen LogP contribution in [-0.2, 0) is 9.47 Å². The molecule has 2 saturated carbocycles. The molecular weight excluding hydrogens is 409 g/mol. The first-order valence-corrected chi connectivity index (χ1v) is 12.2. The van der Waals surface area contributed by atoms with E-state index in [9.17, 15) is 9.18 Å². The summed E-state index contributed by atoms with van der Waals surface area (Å²) in [5, 5.41) is 0.545. The Kier molecular flexibility index (Phi) is 5.97. The average molecular weight is 444 g/mol. The summed E-state index contributed by atoms with van der Waals surface area (Å²) in [5.41, 5.74) is 1.93. The lowest BCUT2D eigenvalue weighted by molar-refractivity contribution is -0.0864. The second-order valence-corrected chi connectivity index (χ2v) is 9.80. The van der Waals surface area contributed by atoms with Crippen LogP contribution in [-0.4, -0.2) is 58.4 Å². The van der Waals surface area contributed by atoms with Crippen molar-refractivity contribution in [2.45, 2.75) is 83.6 Å². The lowest BCUT2D eigenvalue weighted by Crippen LogP contribution is -2.57. The topological polar surface area (TPSA) is 56.6 Å². The van der Waals surface area contributed by atoms with E-state index >= 15 is 0 Å². The van der Waals surface area contributed by atoms with Crippen molar-refractivity contribution in [3.63, 3.8) is 0 Å². The quantitative estimate of drug-likeness (QED) is 0.584. The molecule has 3 aliphatic rings. The maximum Gasteiger partial charge on any atom is 0.340 e. The number of esters is 1. The summed E-state index contributed by atoms with van der Waals surface area (Å²) in [7, 11) is 0. The highest BCUT2D eigenvalue weighted by Crippen LogP contribution is 2.40. The molecule has 2 aromatic rings. The van der Waals surface area contributed by atoms with Gasteiger partial charge in [-0.2, -0.15) is 0 Å². The Morgan fingerprint density at radius 3 is 2.56 bits per heavy atom. The number of fused-ring (bicyclic) bond motifs is 1. The number of rotatable bonds is 7. The van der Waals surface area contributed by atoms with E-state index in [0.29, 0.717) is 40.8 Å². The molecule has 1 saturated heterocycles. The van der Waals surface area contributed by atoms with E-state index in [1.807, 2.05) is 6.92 Å². The third-order valence-electron chi connectivity index (χ3n) is 7.67. The molecule has 2 aromatic heterocycles. The predicted molar refractivity (Wildman–Crippen MR) is 120 cm³/mol. The molecule has 0 radical (unpaired) electrons. The molecule has 0 spiro atoms. The van der Waals surface area contributed by atoms with Gasteiger partial charge < -0.3 is 14.0 Å². The van der Waals surface area contributed by atoms with Crippen LogP contribution in [0.5, 0.6) is 0 Å².